The highest BCUT2D eigenvalue weighted by atomic mass is 16.2. The van der Waals surface area contributed by atoms with Crippen molar-refractivity contribution in [2.75, 3.05) is 11.4 Å². The number of benzene rings is 2. The van der Waals surface area contributed by atoms with Crippen LogP contribution in [0.3, 0.4) is 0 Å². The Morgan fingerprint density at radius 2 is 1.69 bits per heavy atom. The molecule has 29 heavy (non-hydrogen) atoms. The maximum atomic E-state index is 13.2. The molecule has 0 aliphatic carbocycles. The molecule has 0 atom stereocenters. The van der Waals surface area contributed by atoms with Crippen molar-refractivity contribution in [3.05, 3.63) is 95.3 Å². The van der Waals surface area contributed by atoms with Crippen LogP contribution in [-0.4, -0.2) is 34.2 Å². The summed E-state index contributed by atoms with van der Waals surface area (Å²) in [5, 5.41) is 0. The zero-order valence-corrected chi connectivity index (χ0v) is 15.9. The molecular weight excluding hydrogens is 366 g/mol. The smallest absolute Gasteiger partial charge is 0.262 e. The molecule has 6 heteroatoms. The van der Waals surface area contributed by atoms with Gasteiger partial charge in [-0.05, 0) is 48.4 Å². The second kappa shape index (κ2) is 7.67. The Labute approximate surface area is 168 Å². The molecule has 1 aliphatic rings. The Balaban J connectivity index is 1.62. The summed E-state index contributed by atoms with van der Waals surface area (Å²) in [4.78, 5) is 45.2. The van der Waals surface area contributed by atoms with Crippen molar-refractivity contribution in [2.24, 2.45) is 0 Å². The molecule has 2 aromatic carbocycles. The quantitative estimate of drug-likeness (QED) is 0.633. The minimum absolute atomic E-state index is 0.291. The fourth-order valence-electron chi connectivity index (χ4n) is 3.40. The molecule has 0 unspecified atom stereocenters. The Morgan fingerprint density at radius 3 is 2.31 bits per heavy atom. The van der Waals surface area contributed by atoms with Crippen LogP contribution in [-0.2, 0) is 11.3 Å². The molecule has 6 nitrogen and oxygen atoms in total. The molecule has 0 radical (unpaired) electrons. The minimum Gasteiger partial charge on any atom is -0.306 e. The van der Waals surface area contributed by atoms with E-state index in [1.54, 1.807) is 47.6 Å². The van der Waals surface area contributed by atoms with Crippen LogP contribution in [0.1, 0.15) is 31.8 Å². The Kier molecular flexibility index (Phi) is 4.91. The number of hydrogen-bond donors (Lipinski definition) is 0. The van der Waals surface area contributed by atoms with Gasteiger partial charge in [0.15, 0.2) is 0 Å². The lowest BCUT2D eigenvalue weighted by atomic mass is 10.1. The highest BCUT2D eigenvalue weighted by Crippen LogP contribution is 2.24. The first-order valence-electron chi connectivity index (χ1n) is 9.26. The molecule has 2 heterocycles. The van der Waals surface area contributed by atoms with Crippen LogP contribution < -0.4 is 4.90 Å². The van der Waals surface area contributed by atoms with Crippen molar-refractivity contribution < 1.29 is 14.4 Å². The van der Waals surface area contributed by atoms with Gasteiger partial charge >= 0.3 is 0 Å². The zero-order chi connectivity index (χ0) is 20.4. The van der Waals surface area contributed by atoms with E-state index in [1.165, 1.54) is 0 Å². The summed E-state index contributed by atoms with van der Waals surface area (Å²) < 4.78 is 0. The van der Waals surface area contributed by atoms with Crippen LogP contribution in [0.5, 0.6) is 0 Å². The van der Waals surface area contributed by atoms with Crippen molar-refractivity contribution in [3.63, 3.8) is 0 Å². The number of pyridine rings is 1. The highest BCUT2D eigenvalue weighted by molar-refractivity contribution is 6.22. The summed E-state index contributed by atoms with van der Waals surface area (Å²) in [7, 11) is 0. The maximum absolute atomic E-state index is 13.2. The predicted octanol–water partition coefficient (Wildman–Crippen LogP) is 3.22. The van der Waals surface area contributed by atoms with E-state index in [1.807, 2.05) is 37.3 Å². The summed E-state index contributed by atoms with van der Waals surface area (Å²) in [6, 6.07) is 17.9. The van der Waals surface area contributed by atoms with Gasteiger partial charge in [0.05, 0.1) is 17.7 Å². The SMILES string of the molecule is Cc1cccc(N(Cc2cccnc2)C(=O)CN2C(=O)c3ccccc3C2=O)c1. The second-order valence-corrected chi connectivity index (χ2v) is 6.92. The third-order valence-corrected chi connectivity index (χ3v) is 4.85. The summed E-state index contributed by atoms with van der Waals surface area (Å²) >= 11 is 0. The van der Waals surface area contributed by atoms with Crippen molar-refractivity contribution in [3.8, 4) is 0 Å². The van der Waals surface area contributed by atoms with Crippen molar-refractivity contribution in [1.29, 1.82) is 0 Å². The van der Waals surface area contributed by atoms with Gasteiger partial charge in [0, 0.05) is 18.1 Å². The van der Waals surface area contributed by atoms with Gasteiger partial charge in [0.25, 0.3) is 11.8 Å². The number of imide groups is 1. The summed E-state index contributed by atoms with van der Waals surface area (Å²) in [5.74, 6) is -1.22. The number of aryl methyl sites for hydroxylation is 1. The first-order valence-corrected chi connectivity index (χ1v) is 9.26. The number of carbonyl (C=O) groups excluding carboxylic acids is 3. The van der Waals surface area contributed by atoms with Crippen molar-refractivity contribution in [2.45, 2.75) is 13.5 Å². The first-order chi connectivity index (χ1) is 14.0. The number of amides is 3. The lowest BCUT2D eigenvalue weighted by Crippen LogP contribution is -2.42. The van der Waals surface area contributed by atoms with Crippen LogP contribution in [0.4, 0.5) is 5.69 Å². The zero-order valence-electron chi connectivity index (χ0n) is 15.9. The molecule has 144 valence electrons. The average molecular weight is 385 g/mol. The van der Waals surface area contributed by atoms with Crippen molar-refractivity contribution in [1.82, 2.24) is 9.88 Å². The number of carbonyl (C=O) groups is 3. The number of anilines is 1. The summed E-state index contributed by atoms with van der Waals surface area (Å²) in [6.45, 7) is 1.92. The van der Waals surface area contributed by atoms with E-state index in [4.69, 9.17) is 0 Å². The number of nitrogens with zero attached hydrogens (tertiary/aromatic N) is 3. The van der Waals surface area contributed by atoms with E-state index < -0.39 is 11.8 Å². The third-order valence-electron chi connectivity index (χ3n) is 4.85. The number of rotatable bonds is 5. The van der Waals surface area contributed by atoms with Crippen LogP contribution in [0.2, 0.25) is 0 Å². The highest BCUT2D eigenvalue weighted by Gasteiger charge is 2.37. The molecule has 0 saturated carbocycles. The first kappa shape index (κ1) is 18.6. The fraction of sp³-hybridized carbons (Fsp3) is 0.130. The van der Waals surface area contributed by atoms with E-state index in [-0.39, 0.29) is 12.5 Å². The molecule has 0 spiro atoms. The van der Waals surface area contributed by atoms with Crippen LogP contribution >= 0.6 is 0 Å². The number of aromatic nitrogens is 1. The Hall–Kier alpha value is -3.80. The molecule has 0 bridgehead atoms. The largest absolute Gasteiger partial charge is 0.306 e. The Morgan fingerprint density at radius 1 is 0.966 bits per heavy atom. The molecule has 1 aliphatic heterocycles. The lowest BCUT2D eigenvalue weighted by Gasteiger charge is -2.25. The minimum atomic E-state index is -0.440. The third kappa shape index (κ3) is 3.65. The molecule has 3 aromatic rings. The second-order valence-electron chi connectivity index (χ2n) is 6.92. The topological polar surface area (TPSA) is 70.6 Å². The van der Waals surface area contributed by atoms with E-state index in [2.05, 4.69) is 4.98 Å². The van der Waals surface area contributed by atoms with Gasteiger partial charge in [-0.1, -0.05) is 30.3 Å². The molecular formula is C23H19N3O3. The van der Waals surface area contributed by atoms with Gasteiger partial charge in [-0.25, -0.2) is 0 Å². The van der Waals surface area contributed by atoms with E-state index >= 15 is 0 Å². The van der Waals surface area contributed by atoms with E-state index in [9.17, 15) is 14.4 Å². The van der Waals surface area contributed by atoms with Crippen LogP contribution in [0, 0.1) is 6.92 Å². The average Bonchev–Trinajstić information content (AvgIpc) is 2.98. The van der Waals surface area contributed by atoms with Crippen LogP contribution in [0.15, 0.2) is 73.1 Å². The monoisotopic (exact) mass is 385 g/mol. The Bertz CT molecular complexity index is 1060. The normalized spacial score (nSPS) is 12.8. The van der Waals surface area contributed by atoms with Gasteiger partial charge in [-0.2, -0.15) is 0 Å². The predicted molar refractivity (Wildman–Crippen MR) is 108 cm³/mol. The standard InChI is InChI=1S/C23H19N3O3/c1-16-6-4-8-18(12-16)25(14-17-7-5-11-24-13-17)21(27)15-26-22(28)19-9-2-3-10-20(19)23(26)29/h2-13H,14-15H2,1H3. The van der Waals surface area contributed by atoms with Gasteiger partial charge in [-0.3, -0.25) is 24.3 Å². The van der Waals surface area contributed by atoms with Gasteiger partial charge in [-0.15, -0.1) is 0 Å². The van der Waals surface area contributed by atoms with Gasteiger partial charge < -0.3 is 4.90 Å². The summed E-state index contributed by atoms with van der Waals surface area (Å²) in [5.41, 5.74) is 3.23. The molecule has 0 N–H and O–H groups in total. The fourth-order valence-corrected chi connectivity index (χ4v) is 3.40. The van der Waals surface area contributed by atoms with E-state index in [0.717, 1.165) is 16.0 Å². The summed E-state index contributed by atoms with van der Waals surface area (Å²) in [6.07, 6.45) is 3.36. The van der Waals surface area contributed by atoms with Gasteiger partial charge in [0.2, 0.25) is 5.91 Å². The van der Waals surface area contributed by atoms with Crippen LogP contribution in [0.25, 0.3) is 0 Å². The molecule has 1 aromatic heterocycles. The van der Waals surface area contributed by atoms with Crippen molar-refractivity contribution >= 4 is 23.4 Å². The molecule has 0 fully saturated rings. The number of hydrogen-bond acceptors (Lipinski definition) is 4. The molecule has 3 amide bonds. The lowest BCUT2D eigenvalue weighted by molar-refractivity contribution is -0.119. The molecule has 0 saturated heterocycles. The maximum Gasteiger partial charge on any atom is 0.262 e. The molecule has 4 rings (SSSR count). The van der Waals surface area contributed by atoms with E-state index in [0.29, 0.717) is 23.4 Å². The number of fused-ring (bicyclic) bond motifs is 1. The van der Waals surface area contributed by atoms with Gasteiger partial charge in [0.1, 0.15) is 6.54 Å².